The predicted molar refractivity (Wildman–Crippen MR) is 102 cm³/mol. The van der Waals surface area contributed by atoms with Gasteiger partial charge in [-0.1, -0.05) is 18.2 Å². The van der Waals surface area contributed by atoms with Crippen molar-refractivity contribution in [1.29, 1.82) is 0 Å². The van der Waals surface area contributed by atoms with Crippen LogP contribution in [0.1, 0.15) is 22.6 Å². The predicted octanol–water partition coefficient (Wildman–Crippen LogP) is 1.97. The van der Waals surface area contributed by atoms with E-state index in [0.717, 1.165) is 17.0 Å². The maximum Gasteiger partial charge on any atom is 0.270 e. The minimum absolute atomic E-state index is 0.0172. The summed E-state index contributed by atoms with van der Waals surface area (Å²) in [5.74, 6) is -0.179. The van der Waals surface area contributed by atoms with Gasteiger partial charge >= 0.3 is 0 Å². The van der Waals surface area contributed by atoms with Gasteiger partial charge < -0.3 is 15.5 Å². The van der Waals surface area contributed by atoms with E-state index in [4.69, 9.17) is 0 Å². The third-order valence-corrected chi connectivity index (χ3v) is 5.33. The Morgan fingerprint density at radius 1 is 1.22 bits per heavy atom. The summed E-state index contributed by atoms with van der Waals surface area (Å²) in [5, 5.41) is 6.06. The average Bonchev–Trinajstić information content (AvgIpc) is 3.22. The molecule has 2 unspecified atom stereocenters. The molecule has 2 aromatic heterocycles. The number of rotatable bonds is 2. The highest BCUT2D eigenvalue weighted by molar-refractivity contribution is 6.04. The quantitative estimate of drug-likeness (QED) is 0.732. The van der Waals surface area contributed by atoms with Gasteiger partial charge in [-0.2, -0.15) is 0 Å². The van der Waals surface area contributed by atoms with E-state index >= 15 is 0 Å². The van der Waals surface area contributed by atoms with Crippen molar-refractivity contribution >= 4 is 28.8 Å². The van der Waals surface area contributed by atoms with E-state index in [1.807, 2.05) is 55.6 Å². The number of hydrogen-bond acceptors (Lipinski definition) is 4. The number of carbonyl (C=O) groups excluding carboxylic acids is 2. The van der Waals surface area contributed by atoms with Gasteiger partial charge in [-0.25, -0.2) is 4.98 Å². The number of fused-ring (bicyclic) bond motifs is 4. The molecule has 136 valence electrons. The Balaban J connectivity index is 1.41. The third-order valence-electron chi connectivity index (χ3n) is 5.33. The average molecular weight is 361 g/mol. The zero-order valence-corrected chi connectivity index (χ0v) is 14.8. The molecule has 2 aliphatic heterocycles. The summed E-state index contributed by atoms with van der Waals surface area (Å²) < 4.78 is 1.80. The summed E-state index contributed by atoms with van der Waals surface area (Å²) in [6.07, 6.45) is 2.42. The number of amides is 2. The maximum atomic E-state index is 12.9. The fourth-order valence-corrected chi connectivity index (χ4v) is 4.14. The van der Waals surface area contributed by atoms with Crippen LogP contribution in [0.15, 0.2) is 48.7 Å². The Bertz CT molecular complexity index is 1070. The molecule has 2 amide bonds. The highest BCUT2D eigenvalue weighted by Gasteiger charge is 2.41. The van der Waals surface area contributed by atoms with E-state index in [1.54, 1.807) is 4.40 Å². The van der Waals surface area contributed by atoms with E-state index in [-0.39, 0.29) is 23.9 Å². The van der Waals surface area contributed by atoms with Gasteiger partial charge in [0.15, 0.2) is 0 Å². The van der Waals surface area contributed by atoms with E-state index in [0.29, 0.717) is 24.4 Å². The number of pyridine rings is 1. The van der Waals surface area contributed by atoms with Gasteiger partial charge in [0.1, 0.15) is 17.4 Å². The van der Waals surface area contributed by atoms with Gasteiger partial charge in [0.25, 0.3) is 5.91 Å². The summed E-state index contributed by atoms with van der Waals surface area (Å²) in [5.41, 5.74) is 3.81. The molecule has 2 N–H and O–H groups in total. The van der Waals surface area contributed by atoms with Crippen molar-refractivity contribution in [2.75, 3.05) is 16.8 Å². The number of nitrogens with zero attached hydrogens (tertiary/aromatic N) is 3. The van der Waals surface area contributed by atoms with Crippen LogP contribution in [0.3, 0.4) is 0 Å². The molecular formula is C20H19N5O2. The first-order valence-corrected chi connectivity index (χ1v) is 9.03. The lowest BCUT2D eigenvalue weighted by Crippen LogP contribution is -2.44. The molecular weight excluding hydrogens is 342 g/mol. The Morgan fingerprint density at radius 2 is 2.04 bits per heavy atom. The van der Waals surface area contributed by atoms with Crippen molar-refractivity contribution in [1.82, 2.24) is 14.7 Å². The SMILES string of the molecule is Cc1nc2ccccn2c1C(=O)NC1CC2C(=O)Nc3ccccc3N2C1. The molecule has 0 spiro atoms. The smallest absolute Gasteiger partial charge is 0.270 e. The lowest BCUT2D eigenvalue weighted by molar-refractivity contribution is -0.117. The molecule has 2 atom stereocenters. The fourth-order valence-electron chi connectivity index (χ4n) is 4.14. The molecule has 0 bridgehead atoms. The van der Waals surface area contributed by atoms with Crippen LogP contribution < -0.4 is 15.5 Å². The zero-order valence-electron chi connectivity index (χ0n) is 14.8. The van der Waals surface area contributed by atoms with Gasteiger partial charge in [0.05, 0.1) is 17.1 Å². The summed E-state index contributed by atoms with van der Waals surface area (Å²) in [4.78, 5) is 31.9. The number of hydrogen-bond donors (Lipinski definition) is 2. The molecule has 5 rings (SSSR count). The van der Waals surface area contributed by atoms with E-state index < -0.39 is 0 Å². The molecule has 3 aromatic rings. The van der Waals surface area contributed by atoms with E-state index in [9.17, 15) is 9.59 Å². The van der Waals surface area contributed by atoms with Crippen LogP contribution in [0, 0.1) is 6.92 Å². The van der Waals surface area contributed by atoms with Gasteiger partial charge in [-0.3, -0.25) is 14.0 Å². The van der Waals surface area contributed by atoms with Gasteiger partial charge in [-0.15, -0.1) is 0 Å². The number of imidazole rings is 1. The van der Waals surface area contributed by atoms with Crippen molar-refractivity contribution in [3.8, 4) is 0 Å². The van der Waals surface area contributed by atoms with Crippen LogP contribution in [0.5, 0.6) is 0 Å². The topological polar surface area (TPSA) is 78.7 Å². The summed E-state index contributed by atoms with van der Waals surface area (Å²) in [7, 11) is 0. The van der Waals surface area contributed by atoms with Crippen molar-refractivity contribution in [2.45, 2.75) is 25.4 Å². The Labute approximate surface area is 156 Å². The summed E-state index contributed by atoms with van der Waals surface area (Å²) in [6, 6.07) is 13.1. The molecule has 1 aromatic carbocycles. The molecule has 27 heavy (non-hydrogen) atoms. The number of carbonyl (C=O) groups is 2. The number of para-hydroxylation sites is 2. The van der Waals surface area contributed by atoms with Crippen molar-refractivity contribution in [3.63, 3.8) is 0 Å². The molecule has 0 saturated carbocycles. The van der Waals surface area contributed by atoms with Crippen LogP contribution >= 0.6 is 0 Å². The standard InChI is InChI=1S/C20H19N5O2/c1-12-18(24-9-5-4-8-17(24)21-12)20(27)22-13-10-16-19(26)23-14-6-2-3-7-15(14)25(16)11-13/h2-9,13,16H,10-11H2,1H3,(H,22,27)(H,23,26). The van der Waals surface area contributed by atoms with E-state index in [1.165, 1.54) is 0 Å². The normalized spacial score (nSPS) is 20.9. The number of benzene rings is 1. The minimum atomic E-state index is -0.256. The number of nitrogens with one attached hydrogen (secondary N) is 2. The second-order valence-electron chi connectivity index (χ2n) is 7.06. The number of anilines is 2. The second-order valence-corrected chi connectivity index (χ2v) is 7.06. The van der Waals surface area contributed by atoms with Gasteiger partial charge in [0, 0.05) is 18.8 Å². The molecule has 4 heterocycles. The number of aryl methyl sites for hydroxylation is 1. The largest absolute Gasteiger partial charge is 0.356 e. The van der Waals surface area contributed by atoms with Crippen LogP contribution in [0.4, 0.5) is 11.4 Å². The van der Waals surface area contributed by atoms with Crippen LogP contribution in [-0.4, -0.2) is 39.8 Å². The molecule has 7 heteroatoms. The van der Waals surface area contributed by atoms with Crippen LogP contribution in [0.25, 0.3) is 5.65 Å². The van der Waals surface area contributed by atoms with Gasteiger partial charge in [0.2, 0.25) is 5.91 Å². The molecule has 1 saturated heterocycles. The zero-order chi connectivity index (χ0) is 18.5. The second kappa shape index (κ2) is 5.84. The van der Waals surface area contributed by atoms with Crippen molar-refractivity contribution < 1.29 is 9.59 Å². The first-order valence-electron chi connectivity index (χ1n) is 9.03. The van der Waals surface area contributed by atoms with E-state index in [2.05, 4.69) is 20.5 Å². The van der Waals surface area contributed by atoms with Crippen LogP contribution in [0.2, 0.25) is 0 Å². The molecule has 0 radical (unpaired) electrons. The Morgan fingerprint density at radius 3 is 2.93 bits per heavy atom. The summed E-state index contributed by atoms with van der Waals surface area (Å²) >= 11 is 0. The highest BCUT2D eigenvalue weighted by Crippen LogP contribution is 2.36. The highest BCUT2D eigenvalue weighted by atomic mass is 16.2. The number of aromatic nitrogens is 2. The molecule has 7 nitrogen and oxygen atoms in total. The fraction of sp³-hybridized carbons (Fsp3) is 0.250. The first-order chi connectivity index (χ1) is 13.1. The van der Waals surface area contributed by atoms with Crippen molar-refractivity contribution in [2.24, 2.45) is 0 Å². The lowest BCUT2D eigenvalue weighted by atomic mass is 10.1. The lowest BCUT2D eigenvalue weighted by Gasteiger charge is -2.32. The Hall–Kier alpha value is -3.35. The molecule has 0 aliphatic carbocycles. The van der Waals surface area contributed by atoms with Crippen LogP contribution in [-0.2, 0) is 4.79 Å². The Kier molecular flexibility index (Phi) is 3.43. The monoisotopic (exact) mass is 361 g/mol. The van der Waals surface area contributed by atoms with Crippen molar-refractivity contribution in [3.05, 3.63) is 60.0 Å². The maximum absolute atomic E-state index is 12.9. The van der Waals surface area contributed by atoms with Gasteiger partial charge in [-0.05, 0) is 37.6 Å². The first kappa shape index (κ1) is 15.9. The molecule has 2 aliphatic rings. The minimum Gasteiger partial charge on any atom is -0.356 e. The summed E-state index contributed by atoms with van der Waals surface area (Å²) in [6.45, 7) is 2.44. The third kappa shape index (κ3) is 2.46. The molecule has 1 fully saturated rings.